The molecule has 0 amide bonds. The largest absolute Gasteiger partial charge is 0.322 e. The summed E-state index contributed by atoms with van der Waals surface area (Å²) < 4.78 is 2.35. The summed E-state index contributed by atoms with van der Waals surface area (Å²) >= 11 is 6.43. The number of fused-ring (bicyclic) bond motifs is 1. The molecule has 4 heteroatoms. The maximum absolute atomic E-state index is 6.73. The highest BCUT2D eigenvalue weighted by molar-refractivity contribution is 6.35. The first-order valence-corrected chi connectivity index (χ1v) is 8.03. The summed E-state index contributed by atoms with van der Waals surface area (Å²) in [6.45, 7) is 0. The zero-order valence-electron chi connectivity index (χ0n) is 11.6. The molecular weight excluding hydrogens is 270 g/mol. The van der Waals surface area contributed by atoms with E-state index in [9.17, 15) is 0 Å². The van der Waals surface area contributed by atoms with Crippen molar-refractivity contribution < 1.29 is 0 Å². The Morgan fingerprint density at radius 2 is 1.95 bits per heavy atom. The minimum Gasteiger partial charge on any atom is -0.322 e. The number of aromatic nitrogens is 2. The second-order valence-electron chi connectivity index (χ2n) is 6.36. The van der Waals surface area contributed by atoms with Crippen LogP contribution in [0, 0.1) is 0 Å². The maximum Gasteiger partial charge on any atom is 0.130 e. The van der Waals surface area contributed by atoms with Crippen LogP contribution in [-0.4, -0.2) is 9.55 Å². The Morgan fingerprint density at radius 1 is 1.20 bits per heavy atom. The first-order valence-electron chi connectivity index (χ1n) is 7.65. The minimum atomic E-state index is -0.261. The topological polar surface area (TPSA) is 43.8 Å². The molecule has 0 spiro atoms. The van der Waals surface area contributed by atoms with E-state index in [0.29, 0.717) is 6.04 Å². The molecule has 1 aromatic heterocycles. The number of nitrogens with zero attached hydrogens (tertiary/aromatic N) is 2. The monoisotopic (exact) mass is 289 g/mol. The van der Waals surface area contributed by atoms with Gasteiger partial charge in [-0.2, -0.15) is 0 Å². The zero-order valence-corrected chi connectivity index (χ0v) is 12.4. The molecule has 1 heterocycles. The van der Waals surface area contributed by atoms with E-state index in [1.807, 2.05) is 12.1 Å². The molecule has 0 aliphatic heterocycles. The highest BCUT2D eigenvalue weighted by atomic mass is 35.5. The Labute approximate surface area is 124 Å². The quantitative estimate of drug-likeness (QED) is 0.903. The predicted molar refractivity (Wildman–Crippen MR) is 82.0 cm³/mol. The molecule has 0 saturated heterocycles. The molecule has 0 atom stereocenters. The second kappa shape index (κ2) is 4.47. The van der Waals surface area contributed by atoms with E-state index in [4.69, 9.17) is 22.3 Å². The van der Waals surface area contributed by atoms with Gasteiger partial charge < -0.3 is 10.3 Å². The van der Waals surface area contributed by atoms with E-state index in [-0.39, 0.29) is 5.54 Å². The summed E-state index contributed by atoms with van der Waals surface area (Å²) in [6.07, 6.45) is 8.24. The van der Waals surface area contributed by atoms with Gasteiger partial charge in [-0.15, -0.1) is 0 Å². The van der Waals surface area contributed by atoms with Crippen LogP contribution in [0.5, 0.6) is 0 Å². The van der Waals surface area contributed by atoms with Gasteiger partial charge in [-0.25, -0.2) is 4.98 Å². The lowest BCUT2D eigenvalue weighted by Gasteiger charge is -2.33. The molecule has 2 aromatic rings. The lowest BCUT2D eigenvalue weighted by Crippen LogP contribution is -2.41. The van der Waals surface area contributed by atoms with Crippen LogP contribution in [-0.2, 0) is 5.54 Å². The number of hydrogen-bond donors (Lipinski definition) is 1. The van der Waals surface area contributed by atoms with Crippen molar-refractivity contribution in [2.45, 2.75) is 56.5 Å². The van der Waals surface area contributed by atoms with Gasteiger partial charge in [0.25, 0.3) is 0 Å². The van der Waals surface area contributed by atoms with E-state index in [1.165, 1.54) is 32.1 Å². The molecular formula is C16H20ClN3. The van der Waals surface area contributed by atoms with Crippen LogP contribution in [0.3, 0.4) is 0 Å². The fourth-order valence-electron chi connectivity index (χ4n) is 3.55. The van der Waals surface area contributed by atoms with Crippen molar-refractivity contribution in [1.29, 1.82) is 0 Å². The zero-order chi connectivity index (χ0) is 13.7. The molecule has 2 N–H and O–H groups in total. The first-order chi connectivity index (χ1) is 9.69. The van der Waals surface area contributed by atoms with Crippen molar-refractivity contribution in [3.8, 4) is 0 Å². The molecule has 0 unspecified atom stereocenters. The number of hydrogen-bond acceptors (Lipinski definition) is 2. The molecule has 2 aliphatic carbocycles. The van der Waals surface area contributed by atoms with Crippen molar-refractivity contribution in [3.05, 3.63) is 29.0 Å². The van der Waals surface area contributed by atoms with Gasteiger partial charge >= 0.3 is 0 Å². The van der Waals surface area contributed by atoms with Gasteiger partial charge in [0.2, 0.25) is 0 Å². The van der Waals surface area contributed by atoms with Crippen molar-refractivity contribution in [1.82, 2.24) is 9.55 Å². The maximum atomic E-state index is 6.73. The normalized spacial score (nSPS) is 22.3. The van der Waals surface area contributed by atoms with Crippen LogP contribution in [0.2, 0.25) is 5.02 Å². The molecule has 1 aromatic carbocycles. The van der Waals surface area contributed by atoms with Gasteiger partial charge in [-0.05, 0) is 37.8 Å². The molecule has 106 valence electrons. The number of imidazole rings is 1. The molecule has 4 rings (SSSR count). The average Bonchev–Trinajstić information content (AvgIpc) is 3.20. The van der Waals surface area contributed by atoms with Crippen molar-refractivity contribution in [2.75, 3.05) is 0 Å². The minimum absolute atomic E-state index is 0.261. The van der Waals surface area contributed by atoms with Crippen molar-refractivity contribution >= 4 is 22.6 Å². The molecule has 2 saturated carbocycles. The summed E-state index contributed by atoms with van der Waals surface area (Å²) in [7, 11) is 0. The van der Waals surface area contributed by atoms with Gasteiger partial charge in [0.15, 0.2) is 0 Å². The number of para-hydroxylation sites is 1. The Hall–Kier alpha value is -1.06. The van der Waals surface area contributed by atoms with E-state index >= 15 is 0 Å². The predicted octanol–water partition coefficient (Wildman–Crippen LogP) is 4.14. The van der Waals surface area contributed by atoms with Crippen molar-refractivity contribution in [2.24, 2.45) is 5.73 Å². The Kier molecular flexibility index (Phi) is 2.83. The molecule has 2 aliphatic rings. The van der Waals surface area contributed by atoms with Gasteiger partial charge in [-0.3, -0.25) is 0 Å². The summed E-state index contributed by atoms with van der Waals surface area (Å²) in [5.41, 5.74) is 8.55. The second-order valence-corrected chi connectivity index (χ2v) is 6.77. The smallest absolute Gasteiger partial charge is 0.130 e. The summed E-state index contributed by atoms with van der Waals surface area (Å²) in [4.78, 5) is 4.88. The Balaban J connectivity index is 1.94. The fourth-order valence-corrected chi connectivity index (χ4v) is 3.81. The molecule has 0 bridgehead atoms. The van der Waals surface area contributed by atoms with Gasteiger partial charge in [0.05, 0.1) is 21.6 Å². The van der Waals surface area contributed by atoms with E-state index in [0.717, 1.165) is 34.7 Å². The Morgan fingerprint density at radius 3 is 2.65 bits per heavy atom. The Bertz CT molecular complexity index is 651. The summed E-state index contributed by atoms with van der Waals surface area (Å²) in [5.74, 6) is 1.07. The lowest BCUT2D eigenvalue weighted by atomic mass is 9.82. The highest BCUT2D eigenvalue weighted by Gasteiger charge is 2.38. The SMILES string of the molecule is NC1(c2nc3cccc(Cl)c3n2C2CC2)CCCCC1. The van der Waals surface area contributed by atoms with E-state index in [1.54, 1.807) is 0 Å². The molecule has 2 fully saturated rings. The number of benzene rings is 1. The molecule has 0 radical (unpaired) electrons. The van der Waals surface area contributed by atoms with E-state index in [2.05, 4.69) is 10.6 Å². The third kappa shape index (κ3) is 1.87. The van der Waals surface area contributed by atoms with Gasteiger partial charge in [-0.1, -0.05) is 36.9 Å². The number of nitrogens with two attached hydrogens (primary N) is 1. The number of halogens is 1. The third-order valence-electron chi connectivity index (χ3n) is 4.76. The van der Waals surface area contributed by atoms with Crippen LogP contribution in [0.4, 0.5) is 0 Å². The van der Waals surface area contributed by atoms with Crippen molar-refractivity contribution in [3.63, 3.8) is 0 Å². The van der Waals surface area contributed by atoms with Crippen LogP contribution >= 0.6 is 11.6 Å². The highest BCUT2D eigenvalue weighted by Crippen LogP contribution is 2.44. The van der Waals surface area contributed by atoms with Gasteiger partial charge in [0, 0.05) is 6.04 Å². The summed E-state index contributed by atoms with van der Waals surface area (Å²) in [5, 5.41) is 0.799. The lowest BCUT2D eigenvalue weighted by molar-refractivity contribution is 0.279. The molecule has 20 heavy (non-hydrogen) atoms. The number of rotatable bonds is 2. The van der Waals surface area contributed by atoms with Crippen LogP contribution in [0.25, 0.3) is 11.0 Å². The summed E-state index contributed by atoms with van der Waals surface area (Å²) in [6, 6.07) is 6.54. The third-order valence-corrected chi connectivity index (χ3v) is 5.07. The first kappa shape index (κ1) is 12.7. The van der Waals surface area contributed by atoms with Crippen LogP contribution in [0.15, 0.2) is 18.2 Å². The van der Waals surface area contributed by atoms with Crippen LogP contribution < -0.4 is 5.73 Å². The average molecular weight is 290 g/mol. The van der Waals surface area contributed by atoms with Gasteiger partial charge in [0.1, 0.15) is 5.82 Å². The van der Waals surface area contributed by atoms with Crippen LogP contribution in [0.1, 0.15) is 56.8 Å². The standard InChI is InChI=1S/C16H20ClN3/c17-12-5-4-6-13-14(12)20(11-7-8-11)15(19-13)16(18)9-2-1-3-10-16/h4-6,11H,1-3,7-10,18H2. The van der Waals surface area contributed by atoms with E-state index < -0.39 is 0 Å². The molecule has 3 nitrogen and oxygen atoms in total. The fraction of sp³-hybridized carbons (Fsp3) is 0.562.